The first-order chi connectivity index (χ1) is 18.4. The standard InChI is InChI=1S/C27H28F3N3O5S/c1-32-24-9-4-19(16-21(24)7-11-26(32)35)5-10-25(34)31-13-2-3-14-33-15-12-20-6-8-23(17-22(20)18-33)38-39(36,37)27(28,29)30/h4-11,16-17H,2-3,12-15,18H2,1H3,(H,31,34)/b10-5+. The van der Waals surface area contributed by atoms with E-state index in [0.29, 0.717) is 19.5 Å². The van der Waals surface area contributed by atoms with Crippen molar-refractivity contribution in [2.24, 2.45) is 7.05 Å². The third-order valence-electron chi connectivity index (χ3n) is 6.53. The summed E-state index contributed by atoms with van der Waals surface area (Å²) in [6, 6.07) is 13.0. The Bertz CT molecular complexity index is 1570. The summed E-state index contributed by atoms with van der Waals surface area (Å²) < 4.78 is 66.2. The van der Waals surface area contributed by atoms with E-state index in [1.165, 1.54) is 24.3 Å². The van der Waals surface area contributed by atoms with Crippen LogP contribution in [0.3, 0.4) is 0 Å². The average Bonchev–Trinajstić information content (AvgIpc) is 2.88. The lowest BCUT2D eigenvalue weighted by Crippen LogP contribution is -2.32. The van der Waals surface area contributed by atoms with Crippen molar-refractivity contribution < 1.29 is 30.6 Å². The summed E-state index contributed by atoms with van der Waals surface area (Å²) in [5.74, 6) is -0.582. The number of nitrogens with one attached hydrogen (secondary N) is 1. The number of aromatic nitrogens is 1. The van der Waals surface area contributed by atoms with Gasteiger partial charge in [0.25, 0.3) is 5.56 Å². The molecule has 2 aromatic carbocycles. The van der Waals surface area contributed by atoms with Crippen LogP contribution >= 0.6 is 0 Å². The zero-order valence-electron chi connectivity index (χ0n) is 21.2. The van der Waals surface area contributed by atoms with Crippen LogP contribution in [0.25, 0.3) is 17.0 Å². The molecule has 0 aliphatic carbocycles. The highest BCUT2D eigenvalue weighted by atomic mass is 32.2. The number of carbonyl (C=O) groups excluding carboxylic acids is 1. The molecule has 2 heterocycles. The number of hydrogen-bond acceptors (Lipinski definition) is 6. The minimum Gasteiger partial charge on any atom is -0.376 e. The van der Waals surface area contributed by atoms with Crippen molar-refractivity contribution in [1.82, 2.24) is 14.8 Å². The maximum atomic E-state index is 12.6. The van der Waals surface area contributed by atoms with Crippen LogP contribution in [0.5, 0.6) is 5.75 Å². The molecule has 1 amide bonds. The van der Waals surface area contributed by atoms with E-state index in [1.807, 2.05) is 18.2 Å². The van der Waals surface area contributed by atoms with Gasteiger partial charge in [0.2, 0.25) is 5.91 Å². The molecule has 0 radical (unpaired) electrons. The quantitative estimate of drug-likeness (QED) is 0.184. The predicted octanol–water partition coefficient (Wildman–Crippen LogP) is 3.73. The van der Waals surface area contributed by atoms with Gasteiger partial charge in [0, 0.05) is 38.8 Å². The minimum atomic E-state index is -5.71. The van der Waals surface area contributed by atoms with E-state index in [9.17, 15) is 31.2 Å². The van der Waals surface area contributed by atoms with Crippen molar-refractivity contribution in [3.8, 4) is 5.75 Å². The van der Waals surface area contributed by atoms with E-state index in [1.54, 1.807) is 29.8 Å². The van der Waals surface area contributed by atoms with Crippen molar-refractivity contribution in [2.75, 3.05) is 19.6 Å². The molecule has 39 heavy (non-hydrogen) atoms. The number of aryl methyl sites for hydroxylation is 1. The topological polar surface area (TPSA) is 97.7 Å². The second-order valence-electron chi connectivity index (χ2n) is 9.32. The van der Waals surface area contributed by atoms with Gasteiger partial charge in [-0.25, -0.2) is 0 Å². The van der Waals surface area contributed by atoms with Crippen molar-refractivity contribution in [2.45, 2.75) is 31.3 Å². The van der Waals surface area contributed by atoms with Gasteiger partial charge >= 0.3 is 15.6 Å². The van der Waals surface area contributed by atoms with Crippen molar-refractivity contribution >= 4 is 33.0 Å². The van der Waals surface area contributed by atoms with Gasteiger partial charge in [0.15, 0.2) is 0 Å². The van der Waals surface area contributed by atoms with Gasteiger partial charge in [0.05, 0.1) is 5.52 Å². The molecule has 0 bridgehead atoms. The van der Waals surface area contributed by atoms with Crippen LogP contribution in [0.15, 0.2) is 59.4 Å². The Hall–Kier alpha value is -3.64. The number of benzene rings is 2. The van der Waals surface area contributed by atoms with Crippen LogP contribution < -0.4 is 15.1 Å². The number of pyridine rings is 1. The highest BCUT2D eigenvalue weighted by Crippen LogP contribution is 2.29. The Morgan fingerprint density at radius 2 is 1.87 bits per heavy atom. The molecular formula is C27H28F3N3O5S. The Balaban J connectivity index is 1.21. The molecular weight excluding hydrogens is 535 g/mol. The Morgan fingerprint density at radius 1 is 1.08 bits per heavy atom. The molecule has 1 aromatic heterocycles. The molecule has 0 atom stereocenters. The maximum absolute atomic E-state index is 12.6. The molecule has 4 rings (SSSR count). The normalized spacial score (nSPS) is 14.5. The van der Waals surface area contributed by atoms with Crippen LogP contribution in [0.4, 0.5) is 13.2 Å². The molecule has 1 aliphatic heterocycles. The van der Waals surface area contributed by atoms with Crippen molar-refractivity contribution in [1.29, 1.82) is 0 Å². The molecule has 0 saturated heterocycles. The van der Waals surface area contributed by atoms with Crippen LogP contribution in [-0.4, -0.2) is 48.9 Å². The first kappa shape index (κ1) is 28.4. The number of fused-ring (bicyclic) bond motifs is 2. The summed E-state index contributed by atoms with van der Waals surface area (Å²) in [6.07, 6.45) is 5.39. The summed E-state index contributed by atoms with van der Waals surface area (Å²) in [4.78, 5) is 26.1. The number of rotatable bonds is 9. The first-order valence-electron chi connectivity index (χ1n) is 12.3. The van der Waals surface area contributed by atoms with E-state index >= 15 is 0 Å². The fraction of sp³-hybridized carbons (Fsp3) is 0.333. The molecule has 208 valence electrons. The highest BCUT2D eigenvalue weighted by Gasteiger charge is 2.48. The van der Waals surface area contributed by atoms with Crippen LogP contribution in [0.2, 0.25) is 0 Å². The molecule has 3 aromatic rings. The first-order valence-corrected chi connectivity index (χ1v) is 13.7. The number of alkyl halides is 3. The molecule has 0 unspecified atom stereocenters. The summed E-state index contributed by atoms with van der Waals surface area (Å²) in [5.41, 5.74) is -2.26. The van der Waals surface area contributed by atoms with Gasteiger partial charge in [-0.1, -0.05) is 12.1 Å². The fourth-order valence-corrected chi connectivity index (χ4v) is 4.87. The number of halogens is 3. The summed E-state index contributed by atoms with van der Waals surface area (Å²) in [5, 5.41) is 3.74. The molecule has 8 nitrogen and oxygen atoms in total. The third-order valence-corrected chi connectivity index (χ3v) is 7.51. The number of hydrogen-bond donors (Lipinski definition) is 1. The summed E-state index contributed by atoms with van der Waals surface area (Å²) >= 11 is 0. The summed E-state index contributed by atoms with van der Waals surface area (Å²) in [6.45, 7) is 2.44. The van der Waals surface area contributed by atoms with Crippen molar-refractivity contribution in [3.63, 3.8) is 0 Å². The number of nitrogens with zero attached hydrogens (tertiary/aromatic N) is 2. The lowest BCUT2D eigenvalue weighted by molar-refractivity contribution is -0.116. The number of unbranched alkanes of at least 4 members (excludes halogenated alkanes) is 1. The third kappa shape index (κ3) is 7.07. The highest BCUT2D eigenvalue weighted by molar-refractivity contribution is 7.88. The van der Waals surface area contributed by atoms with Gasteiger partial charge in [-0.15, -0.1) is 0 Å². The maximum Gasteiger partial charge on any atom is 0.534 e. The number of amides is 1. The van der Waals surface area contributed by atoms with E-state index in [4.69, 9.17) is 0 Å². The lowest BCUT2D eigenvalue weighted by Gasteiger charge is -2.29. The lowest BCUT2D eigenvalue weighted by atomic mass is 9.99. The smallest absolute Gasteiger partial charge is 0.376 e. The Labute approximate surface area is 223 Å². The van der Waals surface area contributed by atoms with Crippen LogP contribution in [0.1, 0.15) is 29.5 Å². The second-order valence-corrected chi connectivity index (χ2v) is 10.9. The largest absolute Gasteiger partial charge is 0.534 e. The van der Waals surface area contributed by atoms with Gasteiger partial charge in [-0.2, -0.15) is 21.6 Å². The van der Waals surface area contributed by atoms with Crippen LogP contribution in [0, 0.1) is 0 Å². The van der Waals surface area contributed by atoms with E-state index in [2.05, 4.69) is 14.4 Å². The monoisotopic (exact) mass is 563 g/mol. The number of carbonyl (C=O) groups is 1. The van der Waals surface area contributed by atoms with E-state index in [-0.39, 0.29) is 17.2 Å². The van der Waals surface area contributed by atoms with Crippen molar-refractivity contribution in [3.05, 3.63) is 81.7 Å². The summed E-state index contributed by atoms with van der Waals surface area (Å²) in [7, 11) is -4.01. The Morgan fingerprint density at radius 3 is 2.64 bits per heavy atom. The second kappa shape index (κ2) is 11.6. The van der Waals surface area contributed by atoms with Gasteiger partial charge < -0.3 is 14.1 Å². The minimum absolute atomic E-state index is 0.0866. The SMILES string of the molecule is Cn1c(=O)ccc2cc(/C=C/C(=O)NCCCCN3CCc4ccc(OS(=O)(=O)C(F)(F)F)cc4C3)ccc21. The van der Waals surface area contributed by atoms with Gasteiger partial charge in [-0.3, -0.25) is 14.5 Å². The molecule has 1 aliphatic rings. The van der Waals surface area contributed by atoms with Crippen LogP contribution in [-0.2, 0) is 34.9 Å². The molecule has 0 saturated carbocycles. The zero-order valence-corrected chi connectivity index (χ0v) is 22.0. The van der Waals surface area contributed by atoms with Gasteiger partial charge in [0.1, 0.15) is 5.75 Å². The average molecular weight is 564 g/mol. The predicted molar refractivity (Wildman–Crippen MR) is 141 cm³/mol. The molecule has 0 spiro atoms. The zero-order chi connectivity index (χ0) is 28.2. The molecule has 1 N–H and O–H groups in total. The molecule has 12 heteroatoms. The van der Waals surface area contributed by atoms with E-state index < -0.39 is 15.6 Å². The Kier molecular flexibility index (Phi) is 8.45. The molecule has 0 fully saturated rings. The fourth-order valence-electron chi connectivity index (χ4n) is 4.42. The van der Waals surface area contributed by atoms with Gasteiger partial charge in [-0.05, 0) is 84.3 Å². The van der Waals surface area contributed by atoms with E-state index in [0.717, 1.165) is 53.5 Å².